The summed E-state index contributed by atoms with van der Waals surface area (Å²) in [4.78, 5) is 12.5. The fourth-order valence-corrected chi connectivity index (χ4v) is 3.24. The molecule has 0 heterocycles. The van der Waals surface area contributed by atoms with Crippen LogP contribution in [0, 0.1) is 0 Å². The molecule has 0 spiro atoms. The van der Waals surface area contributed by atoms with Crippen LogP contribution in [0.4, 0.5) is 0 Å². The summed E-state index contributed by atoms with van der Waals surface area (Å²) in [6, 6.07) is 13.6. The molecule has 2 aromatic rings. The van der Waals surface area contributed by atoms with Crippen molar-refractivity contribution in [2.45, 2.75) is 36.6 Å². The van der Waals surface area contributed by atoms with Crippen LogP contribution in [0.2, 0.25) is 0 Å². The van der Waals surface area contributed by atoms with Gasteiger partial charge >= 0.3 is 0 Å². The maximum atomic E-state index is 12.5. The topological polar surface area (TPSA) is 89.3 Å². The van der Waals surface area contributed by atoms with E-state index in [-0.39, 0.29) is 16.8 Å². The van der Waals surface area contributed by atoms with Crippen molar-refractivity contribution in [1.29, 1.82) is 0 Å². The number of carbonyl (C=O) groups is 1. The molecule has 1 atom stereocenters. The third kappa shape index (κ3) is 3.83. The zero-order valence-electron chi connectivity index (χ0n) is 13.4. The Kier molecular flexibility index (Phi) is 4.43. The molecule has 1 aliphatic carbocycles. The lowest BCUT2D eigenvalue weighted by Gasteiger charge is -2.15. The normalized spacial score (nSPS) is 15.8. The molecule has 24 heavy (non-hydrogen) atoms. The van der Waals surface area contributed by atoms with Gasteiger partial charge in [0.1, 0.15) is 0 Å². The molecule has 126 valence electrons. The maximum Gasteiger partial charge on any atom is 0.251 e. The van der Waals surface area contributed by atoms with E-state index in [1.54, 1.807) is 18.2 Å². The Morgan fingerprint density at radius 1 is 1.17 bits per heavy atom. The van der Waals surface area contributed by atoms with Crippen molar-refractivity contribution in [3.8, 4) is 0 Å². The van der Waals surface area contributed by atoms with Gasteiger partial charge in [-0.25, -0.2) is 13.6 Å². The van der Waals surface area contributed by atoms with Crippen molar-refractivity contribution < 1.29 is 13.2 Å². The molecule has 1 unspecified atom stereocenters. The number of benzene rings is 2. The Bertz CT molecular complexity index is 873. The van der Waals surface area contributed by atoms with E-state index in [4.69, 9.17) is 5.14 Å². The summed E-state index contributed by atoms with van der Waals surface area (Å²) in [6.07, 6.45) is 2.36. The smallest absolute Gasteiger partial charge is 0.251 e. The lowest BCUT2D eigenvalue weighted by Crippen LogP contribution is -2.27. The average Bonchev–Trinajstić information content (AvgIpc) is 3.39. The third-order valence-electron chi connectivity index (χ3n) is 4.23. The quantitative estimate of drug-likeness (QED) is 0.874. The average molecular weight is 344 g/mol. The lowest BCUT2D eigenvalue weighted by atomic mass is 10.1. The summed E-state index contributed by atoms with van der Waals surface area (Å²) in [5, 5.41) is 8.06. The van der Waals surface area contributed by atoms with Gasteiger partial charge in [-0.1, -0.05) is 24.3 Å². The van der Waals surface area contributed by atoms with Gasteiger partial charge in [-0.15, -0.1) is 0 Å². The molecule has 3 N–H and O–H groups in total. The van der Waals surface area contributed by atoms with Gasteiger partial charge in [0.05, 0.1) is 10.9 Å². The van der Waals surface area contributed by atoms with E-state index >= 15 is 0 Å². The molecule has 1 aliphatic rings. The van der Waals surface area contributed by atoms with E-state index in [2.05, 4.69) is 5.32 Å². The highest BCUT2D eigenvalue weighted by Crippen LogP contribution is 2.40. The standard InChI is InChI=1S/C18H20N2O3S/c1-12(14-4-3-7-17(11-14)24(19,22)23)20-18(21)16-6-2-5-15(10-16)13-8-9-13/h2-7,10-13H,8-9H2,1H3,(H,20,21)(H2,19,22,23). The van der Waals surface area contributed by atoms with Crippen molar-refractivity contribution >= 4 is 15.9 Å². The van der Waals surface area contributed by atoms with Gasteiger partial charge in [0, 0.05) is 5.56 Å². The van der Waals surface area contributed by atoms with E-state index in [0.29, 0.717) is 17.0 Å². The summed E-state index contributed by atoms with van der Waals surface area (Å²) >= 11 is 0. The number of carbonyl (C=O) groups excluding carboxylic acids is 1. The van der Waals surface area contributed by atoms with Crippen molar-refractivity contribution in [3.63, 3.8) is 0 Å². The van der Waals surface area contributed by atoms with E-state index in [1.807, 2.05) is 25.1 Å². The van der Waals surface area contributed by atoms with Gasteiger partial charge < -0.3 is 5.32 Å². The fraction of sp³-hybridized carbons (Fsp3) is 0.278. The molecule has 3 rings (SSSR count). The van der Waals surface area contributed by atoms with Gasteiger partial charge in [-0.3, -0.25) is 4.79 Å². The highest BCUT2D eigenvalue weighted by Gasteiger charge is 2.24. The third-order valence-corrected chi connectivity index (χ3v) is 5.14. The number of hydrogen-bond donors (Lipinski definition) is 2. The first kappa shape index (κ1) is 16.7. The summed E-state index contributed by atoms with van der Waals surface area (Å²) in [5.41, 5.74) is 2.51. The number of hydrogen-bond acceptors (Lipinski definition) is 3. The van der Waals surface area contributed by atoms with E-state index in [9.17, 15) is 13.2 Å². The van der Waals surface area contributed by atoms with Crippen LogP contribution in [-0.2, 0) is 10.0 Å². The van der Waals surface area contributed by atoms with Crippen LogP contribution in [0.25, 0.3) is 0 Å². The molecule has 0 saturated heterocycles. The molecule has 0 bridgehead atoms. The summed E-state index contributed by atoms with van der Waals surface area (Å²) in [5.74, 6) is 0.410. The molecule has 5 nitrogen and oxygen atoms in total. The van der Waals surface area contributed by atoms with Crippen LogP contribution in [0.3, 0.4) is 0 Å². The number of nitrogens with two attached hydrogens (primary N) is 1. The molecule has 0 aromatic heterocycles. The van der Waals surface area contributed by atoms with Crippen LogP contribution in [0.1, 0.15) is 53.2 Å². The lowest BCUT2D eigenvalue weighted by molar-refractivity contribution is 0.0939. The zero-order chi connectivity index (χ0) is 17.3. The van der Waals surface area contributed by atoms with Gasteiger partial charge in [-0.2, -0.15) is 0 Å². The Labute approximate surface area is 141 Å². The number of nitrogens with one attached hydrogen (secondary N) is 1. The number of rotatable bonds is 5. The molecule has 0 radical (unpaired) electrons. The Hall–Kier alpha value is -2.18. The van der Waals surface area contributed by atoms with Crippen LogP contribution >= 0.6 is 0 Å². The summed E-state index contributed by atoms with van der Waals surface area (Å²) in [6.45, 7) is 1.81. The van der Waals surface area contributed by atoms with Crippen LogP contribution < -0.4 is 10.5 Å². The summed E-state index contributed by atoms with van der Waals surface area (Å²) in [7, 11) is -3.76. The van der Waals surface area contributed by atoms with Crippen LogP contribution in [-0.4, -0.2) is 14.3 Å². The second-order valence-corrected chi connectivity index (χ2v) is 7.77. The molecule has 2 aromatic carbocycles. The molecule has 1 amide bonds. The number of amides is 1. The molecule has 1 saturated carbocycles. The molecular weight excluding hydrogens is 324 g/mol. The first-order valence-corrected chi connectivity index (χ1v) is 9.43. The SMILES string of the molecule is CC(NC(=O)c1cccc(C2CC2)c1)c1cccc(S(N)(=O)=O)c1. The maximum absolute atomic E-state index is 12.5. The highest BCUT2D eigenvalue weighted by molar-refractivity contribution is 7.89. The first-order valence-electron chi connectivity index (χ1n) is 7.88. The second-order valence-electron chi connectivity index (χ2n) is 6.21. The minimum atomic E-state index is -3.76. The fourth-order valence-electron chi connectivity index (χ4n) is 2.67. The zero-order valence-corrected chi connectivity index (χ0v) is 14.2. The predicted molar refractivity (Wildman–Crippen MR) is 92.1 cm³/mol. The first-order chi connectivity index (χ1) is 11.3. The Morgan fingerprint density at radius 2 is 1.88 bits per heavy atom. The van der Waals surface area contributed by atoms with E-state index in [0.717, 1.165) is 0 Å². The van der Waals surface area contributed by atoms with Gasteiger partial charge in [0.15, 0.2) is 0 Å². The van der Waals surface area contributed by atoms with Crippen LogP contribution in [0.5, 0.6) is 0 Å². The van der Waals surface area contributed by atoms with Crippen LogP contribution in [0.15, 0.2) is 53.4 Å². The minimum absolute atomic E-state index is 0.0387. The Balaban J connectivity index is 1.75. The minimum Gasteiger partial charge on any atom is -0.346 e. The van der Waals surface area contributed by atoms with Gasteiger partial charge in [0.2, 0.25) is 10.0 Å². The number of sulfonamides is 1. The molecule has 6 heteroatoms. The van der Waals surface area contributed by atoms with Crippen molar-refractivity contribution in [1.82, 2.24) is 5.32 Å². The van der Waals surface area contributed by atoms with Gasteiger partial charge in [-0.05, 0) is 61.1 Å². The van der Waals surface area contributed by atoms with Crippen molar-refractivity contribution in [2.24, 2.45) is 5.14 Å². The van der Waals surface area contributed by atoms with E-state index in [1.165, 1.54) is 30.5 Å². The molecular formula is C18H20N2O3S. The molecule has 0 aliphatic heterocycles. The number of primary sulfonamides is 1. The second kappa shape index (κ2) is 6.37. The van der Waals surface area contributed by atoms with E-state index < -0.39 is 10.0 Å². The van der Waals surface area contributed by atoms with Gasteiger partial charge in [0.25, 0.3) is 5.91 Å². The monoisotopic (exact) mass is 344 g/mol. The van der Waals surface area contributed by atoms with Crippen molar-refractivity contribution in [3.05, 3.63) is 65.2 Å². The highest BCUT2D eigenvalue weighted by atomic mass is 32.2. The Morgan fingerprint density at radius 3 is 2.54 bits per heavy atom. The molecule has 1 fully saturated rings. The summed E-state index contributed by atoms with van der Waals surface area (Å²) < 4.78 is 22.9. The largest absolute Gasteiger partial charge is 0.346 e. The van der Waals surface area contributed by atoms with Crippen molar-refractivity contribution in [2.75, 3.05) is 0 Å². The predicted octanol–water partition coefficient (Wildman–Crippen LogP) is 2.70.